The Morgan fingerprint density at radius 2 is 2.31 bits per heavy atom. The zero-order valence-electron chi connectivity index (χ0n) is 8.78. The van der Waals surface area contributed by atoms with Gasteiger partial charge in [0.2, 0.25) is 0 Å². The highest BCUT2D eigenvalue weighted by atomic mass is 15.3. The van der Waals surface area contributed by atoms with Crippen LogP contribution in [0.4, 0.5) is 0 Å². The van der Waals surface area contributed by atoms with Gasteiger partial charge in [-0.05, 0) is 23.7 Å². The highest BCUT2D eigenvalue weighted by Crippen LogP contribution is 2.16. The fraction of sp³-hybridized carbons (Fsp3) is 0.200. The molecule has 2 rings (SSSR count). The number of nitrogens with zero attached hydrogens (tertiary/aromatic N) is 6. The van der Waals surface area contributed by atoms with Gasteiger partial charge in [0.15, 0.2) is 0 Å². The van der Waals surface area contributed by atoms with E-state index in [0.717, 1.165) is 17.1 Å². The average Bonchev–Trinajstić information content (AvgIpc) is 2.69. The average molecular weight is 214 g/mol. The summed E-state index contributed by atoms with van der Waals surface area (Å²) in [6.45, 7) is 0.298. The van der Waals surface area contributed by atoms with E-state index in [9.17, 15) is 0 Å². The molecule has 0 bridgehead atoms. The molecule has 0 spiro atoms. The fourth-order valence-corrected chi connectivity index (χ4v) is 1.40. The van der Waals surface area contributed by atoms with Crippen molar-refractivity contribution in [2.24, 2.45) is 12.2 Å². The maximum atomic E-state index is 8.26. The lowest BCUT2D eigenvalue weighted by Gasteiger charge is -1.93. The van der Waals surface area contributed by atoms with Crippen LogP contribution in [-0.4, -0.2) is 14.8 Å². The third-order valence-electron chi connectivity index (χ3n) is 2.20. The largest absolute Gasteiger partial charge is 0.272 e. The Bertz CT molecular complexity index is 523. The third kappa shape index (κ3) is 2.02. The standard InChI is InChI=1S/C10H10N6/c1-16-8(7-13-15-11)6-10(14-16)9-4-2-3-5-12-9/h2-6H,7H2,1H3. The Hall–Kier alpha value is -2.33. The van der Waals surface area contributed by atoms with Gasteiger partial charge >= 0.3 is 0 Å². The van der Waals surface area contributed by atoms with Crippen molar-refractivity contribution in [2.45, 2.75) is 6.54 Å². The highest BCUT2D eigenvalue weighted by Gasteiger charge is 2.06. The van der Waals surface area contributed by atoms with Crippen LogP contribution >= 0.6 is 0 Å². The van der Waals surface area contributed by atoms with Crippen molar-refractivity contribution in [1.82, 2.24) is 14.8 Å². The molecular formula is C10H10N6. The first kappa shape index (κ1) is 10.2. The lowest BCUT2D eigenvalue weighted by atomic mass is 10.2. The van der Waals surface area contributed by atoms with Crippen LogP contribution < -0.4 is 0 Å². The summed E-state index contributed by atoms with van der Waals surface area (Å²) in [5, 5.41) is 7.81. The minimum atomic E-state index is 0.298. The molecule has 2 heterocycles. The van der Waals surface area contributed by atoms with Crippen LogP contribution in [-0.2, 0) is 13.6 Å². The van der Waals surface area contributed by atoms with E-state index in [-0.39, 0.29) is 0 Å². The highest BCUT2D eigenvalue weighted by molar-refractivity contribution is 5.53. The van der Waals surface area contributed by atoms with Gasteiger partial charge in [-0.3, -0.25) is 9.67 Å². The van der Waals surface area contributed by atoms with Crippen molar-refractivity contribution in [2.75, 3.05) is 0 Å². The van der Waals surface area contributed by atoms with E-state index >= 15 is 0 Å². The quantitative estimate of drug-likeness (QED) is 0.446. The lowest BCUT2D eigenvalue weighted by molar-refractivity contribution is 0.712. The first-order valence-electron chi connectivity index (χ1n) is 4.76. The van der Waals surface area contributed by atoms with E-state index in [0.29, 0.717) is 6.54 Å². The fourth-order valence-electron chi connectivity index (χ4n) is 1.40. The number of rotatable bonds is 3. The Labute approximate surface area is 92.2 Å². The van der Waals surface area contributed by atoms with Crippen LogP contribution in [0.3, 0.4) is 0 Å². The first-order chi connectivity index (χ1) is 7.81. The Balaban J connectivity index is 2.34. The van der Waals surface area contributed by atoms with Gasteiger partial charge in [0.05, 0.1) is 12.2 Å². The lowest BCUT2D eigenvalue weighted by Crippen LogP contribution is -1.96. The van der Waals surface area contributed by atoms with E-state index in [1.165, 1.54) is 0 Å². The van der Waals surface area contributed by atoms with Gasteiger partial charge < -0.3 is 0 Å². The van der Waals surface area contributed by atoms with Crippen LogP contribution in [0.25, 0.3) is 21.8 Å². The predicted octanol–water partition coefficient (Wildman–Crippen LogP) is 2.29. The predicted molar refractivity (Wildman–Crippen MR) is 59.3 cm³/mol. The Morgan fingerprint density at radius 3 is 3.00 bits per heavy atom. The molecular weight excluding hydrogens is 204 g/mol. The summed E-state index contributed by atoms with van der Waals surface area (Å²) in [4.78, 5) is 6.93. The van der Waals surface area contributed by atoms with E-state index in [1.54, 1.807) is 10.9 Å². The van der Waals surface area contributed by atoms with Crippen LogP contribution in [0, 0.1) is 0 Å². The molecule has 16 heavy (non-hydrogen) atoms. The Morgan fingerprint density at radius 1 is 1.44 bits per heavy atom. The molecule has 0 atom stereocenters. The summed E-state index contributed by atoms with van der Waals surface area (Å²) in [7, 11) is 1.81. The number of aromatic nitrogens is 3. The van der Waals surface area contributed by atoms with Gasteiger partial charge in [-0.25, -0.2) is 0 Å². The SMILES string of the molecule is Cn1nc(-c2ccccn2)cc1CN=[N+]=[N-]. The number of hydrogen-bond acceptors (Lipinski definition) is 3. The second-order valence-corrected chi connectivity index (χ2v) is 3.25. The minimum Gasteiger partial charge on any atom is -0.272 e. The van der Waals surface area contributed by atoms with Crippen LogP contribution in [0.1, 0.15) is 5.69 Å². The summed E-state index contributed by atoms with van der Waals surface area (Å²) in [6.07, 6.45) is 1.72. The van der Waals surface area contributed by atoms with E-state index in [2.05, 4.69) is 20.1 Å². The monoisotopic (exact) mass is 214 g/mol. The zero-order valence-corrected chi connectivity index (χ0v) is 8.78. The molecule has 6 nitrogen and oxygen atoms in total. The van der Waals surface area contributed by atoms with E-state index in [4.69, 9.17) is 5.53 Å². The molecule has 2 aromatic heterocycles. The molecule has 0 unspecified atom stereocenters. The smallest absolute Gasteiger partial charge is 0.111 e. The molecule has 0 aliphatic heterocycles. The topological polar surface area (TPSA) is 79.5 Å². The van der Waals surface area contributed by atoms with Crippen molar-refractivity contribution in [3.8, 4) is 11.4 Å². The number of pyridine rings is 1. The second-order valence-electron chi connectivity index (χ2n) is 3.25. The maximum Gasteiger partial charge on any atom is 0.111 e. The normalized spacial score (nSPS) is 9.81. The van der Waals surface area contributed by atoms with E-state index < -0.39 is 0 Å². The summed E-state index contributed by atoms with van der Waals surface area (Å²) in [6, 6.07) is 7.52. The van der Waals surface area contributed by atoms with Gasteiger partial charge in [0, 0.05) is 23.9 Å². The van der Waals surface area contributed by atoms with Crippen molar-refractivity contribution in [3.05, 3.63) is 46.6 Å². The molecule has 0 aromatic carbocycles. The number of aryl methyl sites for hydroxylation is 1. The molecule has 0 aliphatic rings. The molecule has 0 fully saturated rings. The number of hydrogen-bond donors (Lipinski definition) is 0. The summed E-state index contributed by atoms with van der Waals surface area (Å²) in [5.74, 6) is 0. The van der Waals surface area contributed by atoms with Crippen molar-refractivity contribution in [3.63, 3.8) is 0 Å². The molecule has 0 aliphatic carbocycles. The van der Waals surface area contributed by atoms with Crippen LogP contribution in [0.15, 0.2) is 35.6 Å². The molecule has 0 saturated carbocycles. The molecule has 2 aromatic rings. The molecule has 0 N–H and O–H groups in total. The van der Waals surface area contributed by atoms with Crippen molar-refractivity contribution >= 4 is 0 Å². The van der Waals surface area contributed by atoms with Gasteiger partial charge in [0.1, 0.15) is 5.69 Å². The Kier molecular flexibility index (Phi) is 2.84. The summed E-state index contributed by atoms with van der Waals surface area (Å²) >= 11 is 0. The summed E-state index contributed by atoms with van der Waals surface area (Å²) in [5.41, 5.74) is 10.7. The maximum absolute atomic E-state index is 8.26. The van der Waals surface area contributed by atoms with Gasteiger partial charge in [0.25, 0.3) is 0 Å². The van der Waals surface area contributed by atoms with Gasteiger partial charge in [-0.1, -0.05) is 11.2 Å². The van der Waals surface area contributed by atoms with E-state index in [1.807, 2.05) is 31.3 Å². The van der Waals surface area contributed by atoms with Gasteiger partial charge in [-0.15, -0.1) is 0 Å². The molecule has 0 saturated heterocycles. The minimum absolute atomic E-state index is 0.298. The van der Waals surface area contributed by atoms with Crippen LogP contribution in [0.2, 0.25) is 0 Å². The van der Waals surface area contributed by atoms with Crippen LogP contribution in [0.5, 0.6) is 0 Å². The first-order valence-corrected chi connectivity index (χ1v) is 4.76. The number of azide groups is 1. The molecule has 0 radical (unpaired) electrons. The summed E-state index contributed by atoms with van der Waals surface area (Å²) < 4.78 is 1.69. The van der Waals surface area contributed by atoms with Crippen molar-refractivity contribution in [1.29, 1.82) is 0 Å². The molecule has 6 heteroatoms. The molecule has 0 amide bonds. The molecule has 80 valence electrons. The third-order valence-corrected chi connectivity index (χ3v) is 2.20. The second kappa shape index (κ2) is 4.46. The zero-order chi connectivity index (χ0) is 11.4. The van der Waals surface area contributed by atoms with Crippen molar-refractivity contribution < 1.29 is 0 Å². The van der Waals surface area contributed by atoms with Gasteiger partial charge in [-0.2, -0.15) is 5.10 Å².